The normalized spacial score (nSPS) is 33.3. The van der Waals surface area contributed by atoms with Gasteiger partial charge in [-0.2, -0.15) is 0 Å². The first-order valence-electron chi connectivity index (χ1n) is 4.82. The molecule has 2 atom stereocenters. The van der Waals surface area contributed by atoms with Crippen LogP contribution in [-0.4, -0.2) is 59.0 Å². The van der Waals surface area contributed by atoms with Gasteiger partial charge in [-0.05, 0) is 6.42 Å². The predicted octanol–water partition coefficient (Wildman–Crippen LogP) is -1.19. The van der Waals surface area contributed by atoms with Crippen molar-refractivity contribution in [1.29, 1.82) is 0 Å². The van der Waals surface area contributed by atoms with Gasteiger partial charge in [-0.25, -0.2) is 0 Å². The average molecular weight is 198 g/mol. The van der Waals surface area contributed by atoms with Crippen LogP contribution in [-0.2, 0) is 9.59 Å². The number of likely N-dealkylation sites (tertiary alicyclic amines) is 2. The number of hydrogen-bond donors (Lipinski definition) is 1. The van der Waals surface area contributed by atoms with E-state index in [1.807, 2.05) is 0 Å². The number of nitrogens with zero attached hydrogens (tertiary/aromatic N) is 2. The number of β-amino-alcohol motifs (C(OH)–C–C–N with tert-alkyl or cyclic N) is 1. The number of carbonyl (C=O) groups is 2. The second-order valence-corrected chi connectivity index (χ2v) is 3.97. The summed E-state index contributed by atoms with van der Waals surface area (Å²) in [5.41, 5.74) is 0. The maximum Gasteiger partial charge on any atom is 0.245 e. The number of carbonyl (C=O) groups excluding carboxylic acids is 2. The molecule has 2 heterocycles. The van der Waals surface area contributed by atoms with Gasteiger partial charge >= 0.3 is 0 Å². The number of rotatable bonds is 1. The van der Waals surface area contributed by atoms with Gasteiger partial charge in [0.1, 0.15) is 6.04 Å². The molecule has 14 heavy (non-hydrogen) atoms. The Balaban J connectivity index is 2.09. The molecular weight excluding hydrogens is 184 g/mol. The lowest BCUT2D eigenvalue weighted by Gasteiger charge is -2.22. The molecular formula is C9H14N2O3. The summed E-state index contributed by atoms with van der Waals surface area (Å²) in [6.45, 7) is 1.01. The molecule has 0 aliphatic carbocycles. The van der Waals surface area contributed by atoms with E-state index in [0.717, 1.165) is 0 Å². The quantitative estimate of drug-likeness (QED) is 0.576. The van der Waals surface area contributed by atoms with E-state index >= 15 is 0 Å². The predicted molar refractivity (Wildman–Crippen MR) is 48.4 cm³/mol. The van der Waals surface area contributed by atoms with E-state index in [2.05, 4.69) is 0 Å². The highest BCUT2D eigenvalue weighted by Crippen LogP contribution is 2.21. The summed E-state index contributed by atoms with van der Waals surface area (Å²) < 4.78 is 0. The zero-order chi connectivity index (χ0) is 10.3. The van der Waals surface area contributed by atoms with Crippen LogP contribution in [0.5, 0.6) is 0 Å². The van der Waals surface area contributed by atoms with Crippen LogP contribution in [0.1, 0.15) is 12.8 Å². The van der Waals surface area contributed by atoms with E-state index in [1.165, 1.54) is 4.90 Å². The minimum Gasteiger partial charge on any atom is -0.391 e. The highest BCUT2D eigenvalue weighted by molar-refractivity contribution is 5.90. The maximum atomic E-state index is 11.6. The molecule has 0 bridgehead atoms. The van der Waals surface area contributed by atoms with Gasteiger partial charge in [0, 0.05) is 20.1 Å². The molecule has 2 rings (SSSR count). The molecule has 2 aliphatic rings. The van der Waals surface area contributed by atoms with E-state index in [1.54, 1.807) is 11.9 Å². The molecule has 78 valence electrons. The fourth-order valence-corrected chi connectivity index (χ4v) is 2.11. The minimum absolute atomic E-state index is 0.00699. The lowest BCUT2D eigenvalue weighted by Crippen LogP contribution is -2.42. The minimum atomic E-state index is -0.596. The molecule has 2 fully saturated rings. The van der Waals surface area contributed by atoms with Crippen LogP contribution in [0.2, 0.25) is 0 Å². The van der Waals surface area contributed by atoms with Gasteiger partial charge in [0.2, 0.25) is 11.8 Å². The molecule has 2 saturated heterocycles. The smallest absolute Gasteiger partial charge is 0.245 e. The van der Waals surface area contributed by atoms with Gasteiger partial charge in [0.25, 0.3) is 0 Å². The second-order valence-electron chi connectivity index (χ2n) is 3.97. The molecule has 0 spiro atoms. The number of amides is 2. The van der Waals surface area contributed by atoms with Crippen molar-refractivity contribution in [1.82, 2.24) is 9.80 Å². The number of likely N-dealkylation sites (N-methyl/N-ethyl adjacent to an activating group) is 1. The third-order valence-corrected chi connectivity index (χ3v) is 2.91. The molecule has 2 aliphatic heterocycles. The van der Waals surface area contributed by atoms with E-state index < -0.39 is 6.10 Å². The van der Waals surface area contributed by atoms with Crippen LogP contribution in [0, 0.1) is 0 Å². The Labute approximate surface area is 82.3 Å². The highest BCUT2D eigenvalue weighted by Gasteiger charge is 2.40. The first-order chi connectivity index (χ1) is 6.59. The monoisotopic (exact) mass is 198 g/mol. The van der Waals surface area contributed by atoms with Crippen molar-refractivity contribution in [2.24, 2.45) is 0 Å². The SMILES string of the molecule is CN1CCC(N2CC(O)CC2=O)C1=O. The summed E-state index contributed by atoms with van der Waals surface area (Å²) in [6, 6.07) is -0.329. The van der Waals surface area contributed by atoms with Gasteiger partial charge in [0.15, 0.2) is 0 Å². The van der Waals surface area contributed by atoms with E-state index in [9.17, 15) is 14.7 Å². The molecule has 0 radical (unpaired) electrons. The van der Waals surface area contributed by atoms with Crippen LogP contribution in [0.3, 0.4) is 0 Å². The molecule has 0 aromatic rings. The third-order valence-electron chi connectivity index (χ3n) is 2.91. The van der Waals surface area contributed by atoms with E-state index in [0.29, 0.717) is 19.5 Å². The van der Waals surface area contributed by atoms with Crippen molar-refractivity contribution in [2.75, 3.05) is 20.1 Å². The Morgan fingerprint density at radius 3 is 2.57 bits per heavy atom. The fourth-order valence-electron chi connectivity index (χ4n) is 2.11. The number of hydrogen-bond acceptors (Lipinski definition) is 3. The summed E-state index contributed by atoms with van der Waals surface area (Å²) >= 11 is 0. The second kappa shape index (κ2) is 3.24. The largest absolute Gasteiger partial charge is 0.391 e. The third kappa shape index (κ3) is 1.37. The molecule has 2 amide bonds. The molecule has 0 saturated carbocycles. The van der Waals surface area contributed by atoms with Crippen molar-refractivity contribution in [3.8, 4) is 0 Å². The first kappa shape index (κ1) is 9.45. The molecule has 0 aromatic carbocycles. The number of aliphatic hydroxyl groups excluding tert-OH is 1. The van der Waals surface area contributed by atoms with Crippen LogP contribution in [0.4, 0.5) is 0 Å². The Bertz CT molecular complexity index is 279. The Hall–Kier alpha value is -1.10. The molecule has 5 nitrogen and oxygen atoms in total. The summed E-state index contributed by atoms with van der Waals surface area (Å²) in [4.78, 5) is 26.2. The fraction of sp³-hybridized carbons (Fsp3) is 0.778. The van der Waals surface area contributed by atoms with Crippen molar-refractivity contribution in [3.05, 3.63) is 0 Å². The molecule has 2 unspecified atom stereocenters. The van der Waals surface area contributed by atoms with Crippen LogP contribution < -0.4 is 0 Å². The summed E-state index contributed by atoms with van der Waals surface area (Å²) in [5.74, 6) is -0.112. The molecule has 1 N–H and O–H groups in total. The standard InChI is InChI=1S/C9H14N2O3/c1-10-3-2-7(9(10)14)11-5-6(12)4-8(11)13/h6-7,12H,2-5H2,1H3. The van der Waals surface area contributed by atoms with Crippen molar-refractivity contribution in [2.45, 2.75) is 25.0 Å². The van der Waals surface area contributed by atoms with Gasteiger partial charge in [-0.15, -0.1) is 0 Å². The van der Waals surface area contributed by atoms with Crippen molar-refractivity contribution >= 4 is 11.8 Å². The highest BCUT2D eigenvalue weighted by atomic mass is 16.3. The lowest BCUT2D eigenvalue weighted by atomic mass is 10.2. The van der Waals surface area contributed by atoms with Gasteiger partial charge in [-0.3, -0.25) is 9.59 Å². The Morgan fingerprint density at radius 2 is 2.14 bits per heavy atom. The molecule has 0 aromatic heterocycles. The number of aliphatic hydroxyl groups is 1. The van der Waals surface area contributed by atoms with Crippen LogP contribution in [0.25, 0.3) is 0 Å². The lowest BCUT2D eigenvalue weighted by molar-refractivity contribution is -0.138. The van der Waals surface area contributed by atoms with E-state index in [-0.39, 0.29) is 24.3 Å². The summed E-state index contributed by atoms with van der Waals surface area (Å²) in [6.07, 6.45) is 0.252. The summed E-state index contributed by atoms with van der Waals surface area (Å²) in [7, 11) is 1.74. The van der Waals surface area contributed by atoms with Crippen molar-refractivity contribution in [3.63, 3.8) is 0 Å². The van der Waals surface area contributed by atoms with Gasteiger partial charge < -0.3 is 14.9 Å². The zero-order valence-corrected chi connectivity index (χ0v) is 8.14. The molecule has 5 heteroatoms. The van der Waals surface area contributed by atoms with Crippen LogP contribution in [0.15, 0.2) is 0 Å². The van der Waals surface area contributed by atoms with Crippen molar-refractivity contribution < 1.29 is 14.7 Å². The Morgan fingerprint density at radius 1 is 1.43 bits per heavy atom. The van der Waals surface area contributed by atoms with Gasteiger partial charge in [0.05, 0.1) is 12.5 Å². The Kier molecular flexibility index (Phi) is 2.19. The topological polar surface area (TPSA) is 60.9 Å². The van der Waals surface area contributed by atoms with Crippen LogP contribution >= 0.6 is 0 Å². The average Bonchev–Trinajstić information content (AvgIpc) is 2.59. The zero-order valence-electron chi connectivity index (χ0n) is 8.14. The summed E-state index contributed by atoms with van der Waals surface area (Å²) in [5, 5.41) is 9.30. The maximum absolute atomic E-state index is 11.6. The van der Waals surface area contributed by atoms with Gasteiger partial charge in [-0.1, -0.05) is 0 Å². The van der Waals surface area contributed by atoms with E-state index in [4.69, 9.17) is 0 Å². The first-order valence-corrected chi connectivity index (χ1v) is 4.82.